The number of allylic oxidation sites excluding steroid dienone is 1. The molecule has 0 amide bonds. The number of rotatable bonds is 5. The highest BCUT2D eigenvalue weighted by atomic mass is 79.9. The number of esters is 1. The standard InChI is InChI=1S/C12H11BrCl2O3/c1-2-17-12(16)6-9(7-13)18-11-4-3-8(14)5-10(11)15/h3-6H,2,7H2,1H3/b9-6+. The molecule has 0 bridgehead atoms. The molecule has 0 heterocycles. The third kappa shape index (κ3) is 4.88. The van der Waals surface area contributed by atoms with Gasteiger partial charge in [0, 0.05) is 5.02 Å². The lowest BCUT2D eigenvalue weighted by Crippen LogP contribution is -2.05. The third-order valence-electron chi connectivity index (χ3n) is 1.83. The molecule has 6 heteroatoms. The van der Waals surface area contributed by atoms with Crippen molar-refractivity contribution in [1.82, 2.24) is 0 Å². The number of carbonyl (C=O) groups excluding carboxylic acids is 1. The molecule has 0 N–H and O–H groups in total. The van der Waals surface area contributed by atoms with E-state index >= 15 is 0 Å². The van der Waals surface area contributed by atoms with Crippen LogP contribution in [0.15, 0.2) is 30.0 Å². The molecule has 1 aromatic rings. The Hall–Kier alpha value is -0.710. The summed E-state index contributed by atoms with van der Waals surface area (Å²) in [6.45, 7) is 2.04. The van der Waals surface area contributed by atoms with Crippen molar-refractivity contribution in [3.05, 3.63) is 40.1 Å². The highest BCUT2D eigenvalue weighted by molar-refractivity contribution is 9.09. The van der Waals surface area contributed by atoms with E-state index in [0.717, 1.165) is 0 Å². The quantitative estimate of drug-likeness (QED) is 0.344. The van der Waals surface area contributed by atoms with Gasteiger partial charge in [-0.2, -0.15) is 0 Å². The number of hydrogen-bond donors (Lipinski definition) is 0. The monoisotopic (exact) mass is 352 g/mol. The average molecular weight is 354 g/mol. The lowest BCUT2D eigenvalue weighted by atomic mass is 10.3. The van der Waals surface area contributed by atoms with E-state index in [2.05, 4.69) is 15.9 Å². The van der Waals surface area contributed by atoms with E-state index in [9.17, 15) is 4.79 Å². The fourth-order valence-electron chi connectivity index (χ4n) is 1.11. The summed E-state index contributed by atoms with van der Waals surface area (Å²) in [5.74, 6) is 0.366. The van der Waals surface area contributed by atoms with Gasteiger partial charge in [-0.1, -0.05) is 39.1 Å². The Labute approximate surface area is 124 Å². The molecule has 0 radical (unpaired) electrons. The second kappa shape index (κ2) is 7.67. The maximum atomic E-state index is 11.3. The normalized spacial score (nSPS) is 11.2. The Kier molecular flexibility index (Phi) is 6.54. The molecule has 0 aliphatic carbocycles. The molecule has 0 atom stereocenters. The average Bonchev–Trinajstić information content (AvgIpc) is 2.31. The van der Waals surface area contributed by atoms with Crippen molar-refractivity contribution in [2.45, 2.75) is 6.92 Å². The molecule has 98 valence electrons. The number of hydrogen-bond acceptors (Lipinski definition) is 3. The first-order valence-corrected chi connectivity index (χ1v) is 7.00. The lowest BCUT2D eigenvalue weighted by Gasteiger charge is -2.09. The van der Waals surface area contributed by atoms with Gasteiger partial charge in [-0.3, -0.25) is 0 Å². The highest BCUT2D eigenvalue weighted by Gasteiger charge is 2.07. The Morgan fingerprint density at radius 1 is 1.44 bits per heavy atom. The largest absolute Gasteiger partial charge is 0.463 e. The number of ether oxygens (including phenoxy) is 2. The molecule has 1 rings (SSSR count). The molecule has 0 saturated carbocycles. The summed E-state index contributed by atoms with van der Waals surface area (Å²) < 4.78 is 10.3. The summed E-state index contributed by atoms with van der Waals surface area (Å²) in [5, 5.41) is 1.26. The fourth-order valence-corrected chi connectivity index (χ4v) is 1.83. The Bertz CT molecular complexity index is 461. The van der Waals surface area contributed by atoms with E-state index in [4.69, 9.17) is 32.7 Å². The summed E-state index contributed by atoms with van der Waals surface area (Å²) in [4.78, 5) is 11.3. The molecule has 0 saturated heterocycles. The summed E-state index contributed by atoms with van der Waals surface area (Å²) in [6.07, 6.45) is 1.27. The summed E-state index contributed by atoms with van der Waals surface area (Å²) in [6, 6.07) is 4.85. The van der Waals surface area contributed by atoms with Crippen LogP contribution in [-0.4, -0.2) is 17.9 Å². The van der Waals surface area contributed by atoms with Crippen molar-refractivity contribution in [2.75, 3.05) is 11.9 Å². The van der Waals surface area contributed by atoms with E-state index in [1.54, 1.807) is 25.1 Å². The predicted molar refractivity (Wildman–Crippen MR) is 75.6 cm³/mol. The van der Waals surface area contributed by atoms with Gasteiger partial charge in [-0.05, 0) is 25.1 Å². The molecule has 0 unspecified atom stereocenters. The van der Waals surface area contributed by atoms with Crippen molar-refractivity contribution in [2.24, 2.45) is 0 Å². The Morgan fingerprint density at radius 3 is 2.72 bits per heavy atom. The zero-order valence-electron chi connectivity index (χ0n) is 9.58. The molecule has 0 spiro atoms. The van der Waals surface area contributed by atoms with Crippen molar-refractivity contribution in [3.8, 4) is 5.75 Å². The van der Waals surface area contributed by atoms with E-state index in [0.29, 0.717) is 33.5 Å². The van der Waals surface area contributed by atoms with Gasteiger partial charge in [-0.15, -0.1) is 0 Å². The molecule has 0 aliphatic rings. The first kappa shape index (κ1) is 15.3. The van der Waals surface area contributed by atoms with Gasteiger partial charge in [-0.25, -0.2) is 4.79 Å². The van der Waals surface area contributed by atoms with Crippen LogP contribution < -0.4 is 4.74 Å². The van der Waals surface area contributed by atoms with Gasteiger partial charge in [0.25, 0.3) is 0 Å². The maximum Gasteiger partial charge on any atom is 0.334 e. The predicted octanol–water partition coefficient (Wildman–Crippen LogP) is 4.21. The third-order valence-corrected chi connectivity index (χ3v) is 2.92. The topological polar surface area (TPSA) is 35.5 Å². The lowest BCUT2D eigenvalue weighted by molar-refractivity contribution is -0.137. The van der Waals surface area contributed by atoms with E-state index in [1.165, 1.54) is 6.08 Å². The Balaban J connectivity index is 2.82. The van der Waals surface area contributed by atoms with Gasteiger partial charge < -0.3 is 9.47 Å². The van der Waals surface area contributed by atoms with Crippen LogP contribution in [0.5, 0.6) is 5.75 Å². The van der Waals surface area contributed by atoms with Crippen molar-refractivity contribution in [1.29, 1.82) is 0 Å². The molecule has 0 fully saturated rings. The van der Waals surface area contributed by atoms with Gasteiger partial charge in [0.15, 0.2) is 0 Å². The van der Waals surface area contributed by atoms with Gasteiger partial charge >= 0.3 is 5.97 Å². The second-order valence-corrected chi connectivity index (χ2v) is 4.58. The molecular weight excluding hydrogens is 343 g/mol. The van der Waals surface area contributed by atoms with Crippen molar-refractivity contribution >= 4 is 45.1 Å². The Morgan fingerprint density at radius 2 is 2.17 bits per heavy atom. The fraction of sp³-hybridized carbons (Fsp3) is 0.250. The summed E-state index contributed by atoms with van der Waals surface area (Å²) >= 11 is 15.0. The minimum absolute atomic E-state index is 0.312. The van der Waals surface area contributed by atoms with Crippen LogP contribution >= 0.6 is 39.1 Å². The summed E-state index contributed by atoms with van der Waals surface area (Å²) in [5.41, 5.74) is 0. The molecular formula is C12H11BrCl2O3. The van der Waals surface area contributed by atoms with Crippen LogP contribution in [0.3, 0.4) is 0 Å². The second-order valence-electron chi connectivity index (χ2n) is 3.17. The van der Waals surface area contributed by atoms with Crippen LogP contribution in [-0.2, 0) is 9.53 Å². The van der Waals surface area contributed by atoms with Gasteiger partial charge in [0.05, 0.1) is 23.0 Å². The first-order valence-electron chi connectivity index (χ1n) is 5.13. The number of carbonyl (C=O) groups is 1. The smallest absolute Gasteiger partial charge is 0.334 e. The van der Waals surface area contributed by atoms with Gasteiger partial charge in [0.2, 0.25) is 0 Å². The van der Waals surface area contributed by atoms with E-state index in [1.807, 2.05) is 0 Å². The highest BCUT2D eigenvalue weighted by Crippen LogP contribution is 2.29. The first-order chi connectivity index (χ1) is 8.56. The minimum Gasteiger partial charge on any atom is -0.463 e. The zero-order chi connectivity index (χ0) is 13.5. The maximum absolute atomic E-state index is 11.3. The van der Waals surface area contributed by atoms with Crippen molar-refractivity contribution in [3.63, 3.8) is 0 Å². The van der Waals surface area contributed by atoms with Crippen LogP contribution in [0.1, 0.15) is 6.92 Å². The summed E-state index contributed by atoms with van der Waals surface area (Å²) in [7, 11) is 0. The molecule has 3 nitrogen and oxygen atoms in total. The van der Waals surface area contributed by atoms with E-state index in [-0.39, 0.29) is 0 Å². The van der Waals surface area contributed by atoms with Crippen molar-refractivity contribution < 1.29 is 14.3 Å². The van der Waals surface area contributed by atoms with Crippen LogP contribution in [0.4, 0.5) is 0 Å². The SMILES string of the molecule is CCOC(=O)/C=C(\CBr)Oc1ccc(Cl)cc1Cl. The van der Waals surface area contributed by atoms with Crippen LogP contribution in [0.2, 0.25) is 10.0 Å². The molecule has 18 heavy (non-hydrogen) atoms. The van der Waals surface area contributed by atoms with Crippen LogP contribution in [0, 0.1) is 0 Å². The van der Waals surface area contributed by atoms with Gasteiger partial charge in [0.1, 0.15) is 11.5 Å². The minimum atomic E-state index is -0.461. The molecule has 0 aromatic heterocycles. The van der Waals surface area contributed by atoms with Crippen LogP contribution in [0.25, 0.3) is 0 Å². The van der Waals surface area contributed by atoms with E-state index < -0.39 is 5.97 Å². The number of alkyl halides is 1. The zero-order valence-corrected chi connectivity index (χ0v) is 12.7. The molecule has 0 aliphatic heterocycles. The molecule has 1 aromatic carbocycles. The number of halogens is 3. The number of benzene rings is 1.